The minimum Gasteiger partial charge on any atom is -0.480 e. The van der Waals surface area contributed by atoms with Gasteiger partial charge in [-0.1, -0.05) is 24.0 Å². The van der Waals surface area contributed by atoms with Gasteiger partial charge in [0.05, 0.1) is 11.1 Å². The van der Waals surface area contributed by atoms with Crippen molar-refractivity contribution in [3.63, 3.8) is 0 Å². The van der Waals surface area contributed by atoms with Gasteiger partial charge in [0.25, 0.3) is 11.8 Å². The molecule has 9 nitrogen and oxygen atoms in total. The van der Waals surface area contributed by atoms with Crippen molar-refractivity contribution >= 4 is 29.4 Å². The van der Waals surface area contributed by atoms with Gasteiger partial charge in [-0.05, 0) is 48.7 Å². The normalized spacial score (nSPS) is 16.7. The van der Waals surface area contributed by atoms with Crippen LogP contribution >= 0.6 is 0 Å². The Labute approximate surface area is 195 Å². The number of carboxylic acids is 1. The fourth-order valence-electron chi connectivity index (χ4n) is 4.33. The van der Waals surface area contributed by atoms with Crippen LogP contribution in [-0.4, -0.2) is 51.5 Å². The van der Waals surface area contributed by atoms with Crippen molar-refractivity contribution in [2.24, 2.45) is 0 Å². The summed E-state index contributed by atoms with van der Waals surface area (Å²) in [5.74, 6) is 2.93. The Morgan fingerprint density at radius 1 is 1.15 bits per heavy atom. The van der Waals surface area contributed by atoms with Crippen molar-refractivity contribution in [2.45, 2.75) is 37.6 Å². The van der Waals surface area contributed by atoms with Crippen molar-refractivity contribution in [3.8, 4) is 11.8 Å². The van der Waals surface area contributed by atoms with Crippen LogP contribution in [0.15, 0.2) is 42.5 Å². The van der Waals surface area contributed by atoms with Gasteiger partial charge in [-0.15, -0.1) is 0 Å². The van der Waals surface area contributed by atoms with Crippen LogP contribution in [0.4, 0.5) is 5.69 Å². The maximum atomic E-state index is 12.8. The van der Waals surface area contributed by atoms with E-state index in [2.05, 4.69) is 17.2 Å². The van der Waals surface area contributed by atoms with E-state index in [9.17, 15) is 24.3 Å². The topological polar surface area (TPSA) is 136 Å². The fourth-order valence-corrected chi connectivity index (χ4v) is 4.33. The maximum absolute atomic E-state index is 12.8. The van der Waals surface area contributed by atoms with E-state index in [4.69, 9.17) is 5.21 Å². The number of nitrogens with zero attached hydrogens (tertiary/aromatic N) is 1. The molecule has 4 N–H and O–H groups in total. The first-order valence-corrected chi connectivity index (χ1v) is 10.9. The monoisotopic (exact) mass is 461 g/mol. The minimum atomic E-state index is -1.29. The Bertz CT molecular complexity index is 1190. The number of imide groups is 1. The van der Waals surface area contributed by atoms with E-state index in [1.54, 1.807) is 17.6 Å². The summed E-state index contributed by atoms with van der Waals surface area (Å²) >= 11 is 0. The molecule has 2 aromatic carbocycles. The second-order valence-corrected chi connectivity index (χ2v) is 8.19. The van der Waals surface area contributed by atoms with Crippen molar-refractivity contribution in [1.82, 2.24) is 10.4 Å². The number of hydrogen-bond donors (Lipinski definition) is 4. The molecular formula is C25H23N3O6. The molecule has 0 aliphatic carbocycles. The van der Waals surface area contributed by atoms with Crippen LogP contribution < -0.4 is 10.8 Å². The van der Waals surface area contributed by atoms with Crippen LogP contribution in [0.1, 0.15) is 63.4 Å². The van der Waals surface area contributed by atoms with Crippen LogP contribution in [0.3, 0.4) is 0 Å². The van der Waals surface area contributed by atoms with Crippen LogP contribution in [-0.2, 0) is 9.59 Å². The summed E-state index contributed by atoms with van der Waals surface area (Å²) in [4.78, 5) is 49.7. The van der Waals surface area contributed by atoms with Crippen molar-refractivity contribution in [2.75, 3.05) is 11.9 Å². The first kappa shape index (κ1) is 23.0. The second kappa shape index (κ2) is 9.77. The third-order valence-corrected chi connectivity index (χ3v) is 6.02. The third-order valence-electron chi connectivity index (χ3n) is 6.02. The van der Waals surface area contributed by atoms with E-state index in [1.165, 1.54) is 12.1 Å². The summed E-state index contributed by atoms with van der Waals surface area (Å²) in [6.45, 7) is 0.482. The molecule has 2 atom stereocenters. The summed E-state index contributed by atoms with van der Waals surface area (Å²) in [6.07, 6.45) is 1.24. The number of anilines is 1. The van der Waals surface area contributed by atoms with Gasteiger partial charge in [0.2, 0.25) is 5.91 Å². The zero-order valence-corrected chi connectivity index (χ0v) is 18.2. The number of hydroxylamine groups is 1. The standard InChI is InChI=1S/C25H23N3O6/c29-22(27-34)9-3-1-2-6-15-10-11-20-19(12-15)16(14-26-20)13-21(25(32)33)28-23(30)17-7-4-5-8-18(17)24(28)31/h4-5,7-8,10-12,16,21,26,34H,1,3,9,13-14H2,(H,27,29)(H,32,33)/t16?,21-/m0/s1. The SMILES string of the molecule is O=C(CCCC#Cc1ccc2c(c1)C(C[C@@H](C(=O)O)N1C(=O)c3ccccc3C1=O)CN2)NO. The molecule has 4 rings (SSSR count). The molecule has 174 valence electrons. The molecule has 0 saturated heterocycles. The van der Waals surface area contributed by atoms with Crippen molar-refractivity contribution in [1.29, 1.82) is 0 Å². The molecule has 34 heavy (non-hydrogen) atoms. The fraction of sp³-hybridized carbons (Fsp3) is 0.280. The van der Waals surface area contributed by atoms with Crippen molar-refractivity contribution < 1.29 is 29.5 Å². The highest BCUT2D eigenvalue weighted by atomic mass is 16.5. The summed E-state index contributed by atoms with van der Waals surface area (Å²) < 4.78 is 0. The highest BCUT2D eigenvalue weighted by molar-refractivity contribution is 6.22. The highest BCUT2D eigenvalue weighted by Gasteiger charge is 2.44. The predicted octanol–water partition coefficient (Wildman–Crippen LogP) is 2.36. The molecule has 0 bridgehead atoms. The molecule has 2 heterocycles. The van der Waals surface area contributed by atoms with Gasteiger partial charge in [0.1, 0.15) is 6.04 Å². The average molecular weight is 461 g/mol. The molecule has 9 heteroatoms. The molecule has 2 aliphatic heterocycles. The van der Waals surface area contributed by atoms with Gasteiger partial charge in [0, 0.05) is 36.6 Å². The third kappa shape index (κ3) is 4.49. The average Bonchev–Trinajstić information content (AvgIpc) is 3.35. The van der Waals surface area contributed by atoms with Crippen LogP contribution in [0.25, 0.3) is 0 Å². The van der Waals surface area contributed by atoms with Crippen LogP contribution in [0.2, 0.25) is 0 Å². The number of hydrogen-bond acceptors (Lipinski definition) is 6. The smallest absolute Gasteiger partial charge is 0.326 e. The van der Waals surface area contributed by atoms with E-state index in [-0.39, 0.29) is 29.9 Å². The molecule has 1 unspecified atom stereocenters. The number of benzene rings is 2. The lowest BCUT2D eigenvalue weighted by Gasteiger charge is -2.25. The van der Waals surface area contributed by atoms with Crippen molar-refractivity contribution in [3.05, 3.63) is 64.7 Å². The minimum absolute atomic E-state index is 0.0773. The molecule has 0 fully saturated rings. The molecule has 3 amide bonds. The van der Waals surface area contributed by atoms with E-state index in [1.807, 2.05) is 18.2 Å². The van der Waals surface area contributed by atoms with Gasteiger partial charge in [-0.3, -0.25) is 24.5 Å². The number of carbonyl (C=O) groups is 4. The molecular weight excluding hydrogens is 438 g/mol. The molecule has 0 saturated carbocycles. The Kier molecular flexibility index (Phi) is 6.61. The van der Waals surface area contributed by atoms with E-state index < -0.39 is 29.7 Å². The lowest BCUT2D eigenvalue weighted by atomic mass is 9.92. The highest BCUT2D eigenvalue weighted by Crippen LogP contribution is 2.37. The Hall–Kier alpha value is -4.16. The van der Waals surface area contributed by atoms with E-state index >= 15 is 0 Å². The summed E-state index contributed by atoms with van der Waals surface area (Å²) in [7, 11) is 0. The van der Waals surface area contributed by atoms with E-state index in [0.29, 0.717) is 19.4 Å². The van der Waals surface area contributed by atoms with Gasteiger partial charge in [0.15, 0.2) is 0 Å². The number of rotatable bonds is 7. The summed E-state index contributed by atoms with van der Waals surface area (Å²) in [5.41, 5.74) is 4.51. The van der Waals surface area contributed by atoms with Gasteiger partial charge >= 0.3 is 5.97 Å². The molecule has 0 radical (unpaired) electrons. The summed E-state index contributed by atoms with van der Waals surface area (Å²) in [5, 5.41) is 21.7. The number of amides is 3. The summed E-state index contributed by atoms with van der Waals surface area (Å²) in [6, 6.07) is 10.7. The van der Waals surface area contributed by atoms with Crippen LogP contribution in [0.5, 0.6) is 0 Å². The maximum Gasteiger partial charge on any atom is 0.326 e. The predicted molar refractivity (Wildman–Crippen MR) is 121 cm³/mol. The molecule has 0 aromatic heterocycles. The Balaban J connectivity index is 1.50. The number of carbonyl (C=O) groups excluding carboxylic acids is 3. The Morgan fingerprint density at radius 3 is 2.50 bits per heavy atom. The number of nitrogens with one attached hydrogen (secondary N) is 2. The molecule has 0 spiro atoms. The number of fused-ring (bicyclic) bond motifs is 2. The second-order valence-electron chi connectivity index (χ2n) is 8.19. The zero-order chi connectivity index (χ0) is 24.2. The van der Waals surface area contributed by atoms with Gasteiger partial charge < -0.3 is 10.4 Å². The first-order chi connectivity index (χ1) is 16.4. The van der Waals surface area contributed by atoms with Gasteiger partial charge in [-0.25, -0.2) is 10.3 Å². The number of aliphatic carboxylic acids is 1. The zero-order valence-electron chi connectivity index (χ0n) is 18.2. The number of carboxylic acid groups (broad SMARTS) is 1. The lowest BCUT2D eigenvalue weighted by Crippen LogP contribution is -2.45. The lowest BCUT2D eigenvalue weighted by molar-refractivity contribution is -0.142. The first-order valence-electron chi connectivity index (χ1n) is 10.9. The van der Waals surface area contributed by atoms with E-state index in [0.717, 1.165) is 21.7 Å². The van der Waals surface area contributed by atoms with Crippen LogP contribution in [0, 0.1) is 11.8 Å². The number of unbranched alkanes of at least 4 members (excludes halogenated alkanes) is 1. The quantitative estimate of drug-likeness (QED) is 0.163. The van der Waals surface area contributed by atoms with Gasteiger partial charge in [-0.2, -0.15) is 0 Å². The molecule has 2 aliphatic rings. The largest absolute Gasteiger partial charge is 0.480 e. The Morgan fingerprint density at radius 2 is 1.85 bits per heavy atom. The molecule has 2 aromatic rings.